The zero-order valence-electron chi connectivity index (χ0n) is 6.32. The summed E-state index contributed by atoms with van der Waals surface area (Å²) < 4.78 is 8.70. The number of hydrogen-bond donors (Lipinski definition) is 2. The van der Waals surface area contributed by atoms with Gasteiger partial charge in [0.15, 0.2) is 0 Å². The Labute approximate surface area is 62.7 Å². The van der Waals surface area contributed by atoms with Crippen molar-refractivity contribution in [2.45, 2.75) is 13.8 Å². The predicted octanol–water partition coefficient (Wildman–Crippen LogP) is 2.01. The largest absolute Gasteiger partial charge is 0.692 e. The summed E-state index contributed by atoms with van der Waals surface area (Å²) in [6.07, 6.45) is 3.50. The Balaban J connectivity index is -0.0000000750. The van der Waals surface area contributed by atoms with Crippen molar-refractivity contribution < 1.29 is 14.4 Å². The second kappa shape index (κ2) is 23.6. The van der Waals surface area contributed by atoms with E-state index in [-0.39, 0.29) is 0 Å². The Hall–Kier alpha value is -0.500. The highest BCUT2D eigenvalue weighted by molar-refractivity contribution is 7.30. The summed E-state index contributed by atoms with van der Waals surface area (Å²) in [5.41, 5.74) is 0. The first-order valence-corrected chi connectivity index (χ1v) is 3.72. The molecule has 0 radical (unpaired) electrons. The van der Waals surface area contributed by atoms with Crippen molar-refractivity contribution in [2.24, 2.45) is 0 Å². The lowest BCUT2D eigenvalue weighted by Gasteiger charge is -1.34. The maximum absolute atomic E-state index is 8.70. The fourth-order valence-electron chi connectivity index (χ4n) is 0. The van der Waals surface area contributed by atoms with E-state index in [4.69, 9.17) is 14.4 Å². The van der Waals surface area contributed by atoms with Crippen LogP contribution in [0.15, 0.2) is 25.3 Å². The maximum atomic E-state index is 8.70. The van der Waals surface area contributed by atoms with Crippen molar-refractivity contribution in [2.75, 3.05) is 0 Å². The molecule has 0 aliphatic rings. The summed E-state index contributed by atoms with van der Waals surface area (Å²) in [4.78, 5) is 14.2. The molecule has 0 saturated heterocycles. The quantitative estimate of drug-likeness (QED) is 0.426. The number of rotatable bonds is 0. The monoisotopic (exact) mass is 165 g/mol. The molecule has 0 aromatic heterocycles. The van der Waals surface area contributed by atoms with Gasteiger partial charge in [-0.3, -0.25) is 0 Å². The van der Waals surface area contributed by atoms with Crippen LogP contribution < -0.4 is 0 Å². The fourth-order valence-corrected chi connectivity index (χ4v) is 0. The van der Waals surface area contributed by atoms with Crippen LogP contribution in [-0.4, -0.2) is 9.79 Å². The van der Waals surface area contributed by atoms with Crippen molar-refractivity contribution in [3.05, 3.63) is 25.3 Å². The van der Waals surface area contributed by atoms with Crippen LogP contribution in [0.25, 0.3) is 0 Å². The average Bonchev–Trinajstić information content (AvgIpc) is 1.65. The van der Waals surface area contributed by atoms with Crippen molar-refractivity contribution >= 4 is 8.25 Å². The molecule has 2 N–H and O–H groups in total. The van der Waals surface area contributed by atoms with Crippen LogP contribution in [0.1, 0.15) is 13.8 Å². The van der Waals surface area contributed by atoms with Crippen LogP contribution >= 0.6 is 8.25 Å². The molecule has 10 heavy (non-hydrogen) atoms. The minimum absolute atomic E-state index is 1.75. The SMILES string of the molecule is C=CC.C=CC.O=[P+](O)O. The zero-order chi connectivity index (χ0) is 8.99. The van der Waals surface area contributed by atoms with Crippen LogP contribution in [0, 0.1) is 0 Å². The molecule has 0 aromatic carbocycles. The smallest absolute Gasteiger partial charge is 0.134 e. The minimum atomic E-state index is -2.87. The van der Waals surface area contributed by atoms with Crippen LogP contribution in [-0.2, 0) is 4.57 Å². The first kappa shape index (κ1) is 16.2. The molecule has 0 aromatic rings. The van der Waals surface area contributed by atoms with Crippen LogP contribution in [0.4, 0.5) is 0 Å². The first-order chi connectivity index (χ1) is 4.56. The van der Waals surface area contributed by atoms with E-state index in [0.717, 1.165) is 0 Å². The zero-order valence-corrected chi connectivity index (χ0v) is 7.21. The fraction of sp³-hybridized carbons (Fsp3) is 0.333. The van der Waals surface area contributed by atoms with Gasteiger partial charge in [-0.05, 0) is 13.8 Å². The third-order valence-electron chi connectivity index (χ3n) is 0. The van der Waals surface area contributed by atoms with Gasteiger partial charge in [0.2, 0.25) is 0 Å². The lowest BCUT2D eigenvalue weighted by Crippen LogP contribution is -1.38. The second-order valence-corrected chi connectivity index (χ2v) is 1.57. The van der Waals surface area contributed by atoms with Crippen LogP contribution in [0.5, 0.6) is 0 Å². The Morgan fingerprint density at radius 3 is 1.20 bits per heavy atom. The van der Waals surface area contributed by atoms with E-state index in [1.165, 1.54) is 0 Å². The van der Waals surface area contributed by atoms with Crippen LogP contribution in [0.3, 0.4) is 0 Å². The molecule has 3 nitrogen and oxygen atoms in total. The molecular formula is C6H14O3P+. The molecule has 0 saturated carbocycles. The number of hydrogen-bond acceptors (Lipinski definition) is 1. The van der Waals surface area contributed by atoms with E-state index < -0.39 is 8.25 Å². The van der Waals surface area contributed by atoms with Crippen molar-refractivity contribution in [1.82, 2.24) is 0 Å². The molecule has 0 atom stereocenters. The Kier molecular flexibility index (Phi) is 38.4. The van der Waals surface area contributed by atoms with Gasteiger partial charge in [0.25, 0.3) is 0 Å². The summed E-state index contributed by atoms with van der Waals surface area (Å²) in [5, 5.41) is 0. The summed E-state index contributed by atoms with van der Waals surface area (Å²) >= 11 is 0. The van der Waals surface area contributed by atoms with Gasteiger partial charge >= 0.3 is 8.25 Å². The molecule has 0 spiro atoms. The van der Waals surface area contributed by atoms with Gasteiger partial charge in [-0.25, -0.2) is 0 Å². The van der Waals surface area contributed by atoms with Crippen LogP contribution in [0.2, 0.25) is 0 Å². The highest BCUT2D eigenvalue weighted by Gasteiger charge is 1.93. The summed E-state index contributed by atoms with van der Waals surface area (Å²) in [6.45, 7) is 10.5. The number of allylic oxidation sites excluding steroid dienone is 2. The Morgan fingerprint density at radius 1 is 1.20 bits per heavy atom. The average molecular weight is 165 g/mol. The molecule has 0 bridgehead atoms. The minimum Gasteiger partial charge on any atom is -0.134 e. The molecule has 4 heteroatoms. The molecule has 0 aliphatic heterocycles. The molecule has 0 aliphatic carbocycles. The third-order valence-corrected chi connectivity index (χ3v) is 0. The highest BCUT2D eigenvalue weighted by Crippen LogP contribution is 1.98. The normalized spacial score (nSPS) is 5.20. The van der Waals surface area contributed by atoms with E-state index in [2.05, 4.69) is 13.2 Å². The van der Waals surface area contributed by atoms with Crippen molar-refractivity contribution in [3.63, 3.8) is 0 Å². The van der Waals surface area contributed by atoms with Gasteiger partial charge in [0.05, 0.1) is 0 Å². The maximum Gasteiger partial charge on any atom is 0.692 e. The molecule has 0 amide bonds. The Morgan fingerprint density at radius 2 is 1.20 bits per heavy atom. The van der Waals surface area contributed by atoms with E-state index in [1.54, 1.807) is 12.2 Å². The molecule has 0 unspecified atom stereocenters. The van der Waals surface area contributed by atoms with E-state index in [9.17, 15) is 0 Å². The third kappa shape index (κ3) is 1270. The van der Waals surface area contributed by atoms with Gasteiger partial charge in [-0.2, -0.15) is 0 Å². The summed E-state index contributed by atoms with van der Waals surface area (Å²) in [6, 6.07) is 0. The molecule has 0 fully saturated rings. The van der Waals surface area contributed by atoms with E-state index in [0.29, 0.717) is 0 Å². The second-order valence-electron chi connectivity index (χ2n) is 1.07. The predicted molar refractivity (Wildman–Crippen MR) is 43.8 cm³/mol. The molecule has 0 heterocycles. The van der Waals surface area contributed by atoms with Crippen molar-refractivity contribution in [1.29, 1.82) is 0 Å². The first-order valence-electron chi connectivity index (χ1n) is 2.55. The van der Waals surface area contributed by atoms with Crippen molar-refractivity contribution in [3.8, 4) is 0 Å². The standard InChI is InChI=1S/2C3H6.HO3P/c2*1-3-2;1-4(2)3/h2*3H,1H2,2H3;(H-,1,2,3)/p+1. The topological polar surface area (TPSA) is 57.5 Å². The van der Waals surface area contributed by atoms with E-state index in [1.807, 2.05) is 13.8 Å². The lowest BCUT2D eigenvalue weighted by molar-refractivity contribution is 0.405. The van der Waals surface area contributed by atoms with Gasteiger partial charge in [-0.1, -0.05) is 12.2 Å². The summed E-state index contributed by atoms with van der Waals surface area (Å²) in [5.74, 6) is 0. The molecule has 60 valence electrons. The van der Waals surface area contributed by atoms with Gasteiger partial charge in [0.1, 0.15) is 0 Å². The van der Waals surface area contributed by atoms with Gasteiger partial charge in [-0.15, -0.1) is 22.9 Å². The molecule has 0 rings (SSSR count). The van der Waals surface area contributed by atoms with Gasteiger partial charge < -0.3 is 0 Å². The summed E-state index contributed by atoms with van der Waals surface area (Å²) in [7, 11) is -2.87. The Bertz CT molecular complexity index is 81.0. The lowest BCUT2D eigenvalue weighted by atomic mass is 10.8. The molecular weight excluding hydrogens is 151 g/mol. The van der Waals surface area contributed by atoms with Gasteiger partial charge in [0, 0.05) is 4.57 Å². The highest BCUT2D eigenvalue weighted by atomic mass is 31.1. The van der Waals surface area contributed by atoms with E-state index >= 15 is 0 Å².